The molecule has 4 nitrogen and oxygen atoms in total. The molecule has 4 aliphatic rings. The van der Waals surface area contributed by atoms with Crippen molar-refractivity contribution in [2.75, 3.05) is 13.1 Å². The molecule has 0 radical (unpaired) electrons. The van der Waals surface area contributed by atoms with Crippen molar-refractivity contribution in [1.29, 1.82) is 0 Å². The van der Waals surface area contributed by atoms with Crippen LogP contribution in [0.25, 0.3) is 0 Å². The summed E-state index contributed by atoms with van der Waals surface area (Å²) in [6.07, 6.45) is 7.97. The predicted octanol–water partition coefficient (Wildman–Crippen LogP) is 0.637. The lowest BCUT2D eigenvalue weighted by molar-refractivity contribution is 0.249. The van der Waals surface area contributed by atoms with Crippen molar-refractivity contribution in [3.8, 4) is 0 Å². The first kappa shape index (κ1) is 14.8. The Hall–Kier alpha value is -0.160. The van der Waals surface area contributed by atoms with Crippen molar-refractivity contribution in [2.45, 2.75) is 50.6 Å². The molecule has 0 aliphatic heterocycles. The summed E-state index contributed by atoms with van der Waals surface area (Å²) in [7, 11) is 0. The fourth-order valence-corrected chi connectivity index (χ4v) is 5.65. The second-order valence-corrected chi connectivity index (χ2v) is 7.79. The van der Waals surface area contributed by atoms with E-state index >= 15 is 0 Å². The molecule has 4 heteroatoms. The highest BCUT2D eigenvalue weighted by atomic mass is 14.8. The molecule has 0 saturated heterocycles. The average Bonchev–Trinajstić information content (AvgIpc) is 3.16. The van der Waals surface area contributed by atoms with Crippen LogP contribution >= 0.6 is 0 Å². The largest absolute Gasteiger partial charge is 0.330 e. The third kappa shape index (κ3) is 2.63. The molecule has 0 aromatic rings. The highest BCUT2D eigenvalue weighted by molar-refractivity contribution is 4.99. The lowest BCUT2D eigenvalue weighted by Gasteiger charge is -2.27. The Morgan fingerprint density at radius 3 is 1.35 bits per heavy atom. The van der Waals surface area contributed by atoms with Crippen LogP contribution in [0.3, 0.4) is 0 Å². The second-order valence-electron chi connectivity index (χ2n) is 7.79. The summed E-state index contributed by atoms with van der Waals surface area (Å²) in [6.45, 7) is 1.77. The number of nitrogens with two attached hydrogens (primary N) is 4. The molecule has 0 spiro atoms. The molecule has 8 N–H and O–H groups in total. The first-order valence-electron chi connectivity index (χ1n) is 8.53. The first-order valence-corrected chi connectivity index (χ1v) is 8.53. The molecular weight excluding hydrogens is 248 g/mol. The van der Waals surface area contributed by atoms with E-state index in [0.717, 1.165) is 42.7 Å². The first-order chi connectivity index (χ1) is 9.62. The van der Waals surface area contributed by atoms with Crippen molar-refractivity contribution >= 4 is 0 Å². The van der Waals surface area contributed by atoms with Crippen LogP contribution in [0.2, 0.25) is 0 Å². The van der Waals surface area contributed by atoms with Gasteiger partial charge in [-0.2, -0.15) is 0 Å². The molecule has 20 heavy (non-hydrogen) atoms. The smallest absolute Gasteiger partial charge is 0.00846 e. The summed E-state index contributed by atoms with van der Waals surface area (Å²) in [5.41, 5.74) is 23.1. The standard InChI is InChI=1S/C9H18N2.C7H14N2/c10-4-7-1-6-2-8(5-11)9(7)3-6;8-6-2-4-1-5(6)7(9)3-4/h6-9H,1-5,10-11H2;4-7H,1-3,8-9H2. The Morgan fingerprint density at radius 2 is 1.05 bits per heavy atom. The minimum atomic E-state index is 0.429. The minimum Gasteiger partial charge on any atom is -0.330 e. The predicted molar refractivity (Wildman–Crippen MR) is 82.7 cm³/mol. The van der Waals surface area contributed by atoms with E-state index in [4.69, 9.17) is 22.9 Å². The zero-order chi connectivity index (χ0) is 14.3. The molecule has 116 valence electrons. The molecule has 4 bridgehead atoms. The molecule has 4 saturated carbocycles. The van der Waals surface area contributed by atoms with Crippen LogP contribution in [0.15, 0.2) is 0 Å². The zero-order valence-electron chi connectivity index (χ0n) is 12.6. The number of hydrogen-bond acceptors (Lipinski definition) is 4. The lowest BCUT2D eigenvalue weighted by atomic mass is 9.81. The summed E-state index contributed by atoms with van der Waals surface area (Å²) in [4.78, 5) is 0. The summed E-state index contributed by atoms with van der Waals surface area (Å²) in [5.74, 6) is 5.01. The van der Waals surface area contributed by atoms with Crippen molar-refractivity contribution in [1.82, 2.24) is 0 Å². The Bertz CT molecular complexity index is 308. The molecule has 4 fully saturated rings. The maximum absolute atomic E-state index is 5.83. The van der Waals surface area contributed by atoms with E-state index in [9.17, 15) is 0 Å². The average molecular weight is 280 g/mol. The van der Waals surface area contributed by atoms with Crippen molar-refractivity contribution in [3.63, 3.8) is 0 Å². The summed E-state index contributed by atoms with van der Waals surface area (Å²) >= 11 is 0. The maximum atomic E-state index is 5.83. The van der Waals surface area contributed by atoms with Gasteiger partial charge in [-0.1, -0.05) is 0 Å². The van der Waals surface area contributed by atoms with E-state index in [-0.39, 0.29) is 0 Å². The molecule has 4 aliphatic carbocycles. The zero-order valence-corrected chi connectivity index (χ0v) is 12.6. The SMILES string of the molecule is NC1CC2CC(N)C1C2.NCC1CC2CC(CN)C1C2. The van der Waals surface area contributed by atoms with E-state index in [0.29, 0.717) is 18.0 Å². The Kier molecular flexibility index (Phi) is 4.37. The fourth-order valence-electron chi connectivity index (χ4n) is 5.65. The molecule has 4 unspecified atom stereocenters. The second kappa shape index (κ2) is 5.91. The van der Waals surface area contributed by atoms with Crippen LogP contribution < -0.4 is 22.9 Å². The van der Waals surface area contributed by atoms with Crippen LogP contribution in [-0.2, 0) is 0 Å². The van der Waals surface area contributed by atoms with E-state index in [1.807, 2.05) is 0 Å². The molecular formula is C16H32N4. The van der Waals surface area contributed by atoms with Gasteiger partial charge in [0.1, 0.15) is 0 Å². The van der Waals surface area contributed by atoms with Gasteiger partial charge in [0.2, 0.25) is 0 Å². The van der Waals surface area contributed by atoms with Crippen molar-refractivity contribution < 1.29 is 0 Å². The normalized spacial score (nSPS) is 52.2. The van der Waals surface area contributed by atoms with Crippen LogP contribution in [0, 0.1) is 35.5 Å². The Balaban J connectivity index is 0.000000123. The third-order valence-corrected chi connectivity index (χ3v) is 6.61. The summed E-state index contributed by atoms with van der Waals surface area (Å²) in [5, 5.41) is 0. The molecule has 0 aromatic carbocycles. The fraction of sp³-hybridized carbons (Fsp3) is 1.00. The van der Waals surface area contributed by atoms with Gasteiger partial charge in [-0.3, -0.25) is 0 Å². The quantitative estimate of drug-likeness (QED) is 0.595. The molecule has 0 aromatic heterocycles. The van der Waals surface area contributed by atoms with Gasteiger partial charge in [-0.15, -0.1) is 0 Å². The molecule has 4 rings (SSSR count). The maximum Gasteiger partial charge on any atom is 0.00846 e. The van der Waals surface area contributed by atoms with E-state index in [1.165, 1.54) is 38.5 Å². The van der Waals surface area contributed by atoms with Gasteiger partial charge in [0.15, 0.2) is 0 Å². The van der Waals surface area contributed by atoms with Gasteiger partial charge in [0, 0.05) is 12.1 Å². The van der Waals surface area contributed by atoms with Crippen LogP contribution in [-0.4, -0.2) is 25.2 Å². The van der Waals surface area contributed by atoms with E-state index in [1.54, 1.807) is 0 Å². The molecule has 0 heterocycles. The lowest BCUT2D eigenvalue weighted by Crippen LogP contribution is -2.39. The molecule has 0 amide bonds. The van der Waals surface area contributed by atoms with E-state index in [2.05, 4.69) is 0 Å². The van der Waals surface area contributed by atoms with Gasteiger partial charge in [0.05, 0.1) is 0 Å². The van der Waals surface area contributed by atoms with Crippen LogP contribution in [0.5, 0.6) is 0 Å². The molecule has 4 atom stereocenters. The van der Waals surface area contributed by atoms with Crippen LogP contribution in [0.1, 0.15) is 38.5 Å². The number of rotatable bonds is 2. The third-order valence-electron chi connectivity index (χ3n) is 6.61. The Morgan fingerprint density at radius 1 is 0.600 bits per heavy atom. The number of hydrogen-bond donors (Lipinski definition) is 4. The van der Waals surface area contributed by atoms with Gasteiger partial charge in [0.25, 0.3) is 0 Å². The van der Waals surface area contributed by atoms with E-state index < -0.39 is 0 Å². The van der Waals surface area contributed by atoms with Crippen molar-refractivity contribution in [3.05, 3.63) is 0 Å². The monoisotopic (exact) mass is 280 g/mol. The van der Waals surface area contributed by atoms with Gasteiger partial charge < -0.3 is 22.9 Å². The highest BCUT2D eigenvalue weighted by Crippen LogP contribution is 2.50. The summed E-state index contributed by atoms with van der Waals surface area (Å²) < 4.78 is 0. The van der Waals surface area contributed by atoms with Gasteiger partial charge in [-0.25, -0.2) is 0 Å². The number of fused-ring (bicyclic) bond motifs is 4. The van der Waals surface area contributed by atoms with Crippen LogP contribution in [0.4, 0.5) is 0 Å². The van der Waals surface area contributed by atoms with Gasteiger partial charge >= 0.3 is 0 Å². The summed E-state index contributed by atoms with van der Waals surface area (Å²) in [6, 6.07) is 0.859. The van der Waals surface area contributed by atoms with Crippen molar-refractivity contribution in [2.24, 2.45) is 58.4 Å². The van der Waals surface area contributed by atoms with Gasteiger partial charge in [-0.05, 0) is 87.1 Å². The Labute approximate surface area is 123 Å². The topological polar surface area (TPSA) is 104 Å². The minimum absolute atomic E-state index is 0.429. The highest BCUT2D eigenvalue weighted by Gasteiger charge is 2.44.